The Kier molecular flexibility index (Phi) is 9.25. The number of Topliss-reactive ketones (excluding diaryl/α,β-unsaturated/α-hetero) is 1. The molecule has 5 rings (SSSR count). The summed E-state index contributed by atoms with van der Waals surface area (Å²) in [6, 6.07) is 17.2. The average Bonchev–Trinajstić information content (AvgIpc) is 3.50. The Morgan fingerprint density at radius 2 is 1.76 bits per heavy atom. The number of nitrogens with zero attached hydrogens (tertiary/aromatic N) is 3. The number of benzene rings is 2. The summed E-state index contributed by atoms with van der Waals surface area (Å²) in [5, 5.41) is 2.71. The van der Waals surface area contributed by atoms with Gasteiger partial charge in [-0.3, -0.25) is 14.0 Å². The van der Waals surface area contributed by atoms with Crippen LogP contribution in [0.4, 0.5) is 4.79 Å². The molecule has 0 bridgehead atoms. The Morgan fingerprint density at radius 1 is 1.07 bits per heavy atom. The molecule has 1 unspecified atom stereocenters. The highest BCUT2D eigenvalue weighted by Gasteiger charge is 2.38. The van der Waals surface area contributed by atoms with Gasteiger partial charge in [0.1, 0.15) is 17.7 Å². The van der Waals surface area contributed by atoms with Gasteiger partial charge in [-0.2, -0.15) is 0 Å². The van der Waals surface area contributed by atoms with Crippen molar-refractivity contribution in [1.82, 2.24) is 19.6 Å². The largest absolute Gasteiger partial charge is 0.444 e. The third-order valence-electron chi connectivity index (χ3n) is 6.44. The summed E-state index contributed by atoms with van der Waals surface area (Å²) in [4.78, 5) is 48.1. The zero-order chi connectivity index (χ0) is 28.3. The number of rotatable bonds is 7. The molecule has 2 atom stereocenters. The third kappa shape index (κ3) is 7.20. The number of nitrogens with one attached hydrogen (secondary N) is 1. The fourth-order valence-electron chi connectivity index (χ4n) is 4.62. The van der Waals surface area contributed by atoms with E-state index in [9.17, 15) is 14.4 Å². The molecule has 1 saturated heterocycles. The van der Waals surface area contributed by atoms with Gasteiger partial charge in [0.2, 0.25) is 0 Å². The number of amides is 2. The van der Waals surface area contributed by atoms with Crippen LogP contribution in [0.25, 0.3) is 15.4 Å². The van der Waals surface area contributed by atoms with Crippen molar-refractivity contribution in [2.75, 3.05) is 19.8 Å². The minimum absolute atomic E-state index is 0. The second-order valence-electron chi connectivity index (χ2n) is 10.6. The van der Waals surface area contributed by atoms with E-state index in [2.05, 4.69) is 10.3 Å². The van der Waals surface area contributed by atoms with Gasteiger partial charge in [-0.25, -0.2) is 9.78 Å². The van der Waals surface area contributed by atoms with E-state index in [1.807, 2.05) is 53.2 Å². The van der Waals surface area contributed by atoms with Crippen molar-refractivity contribution in [3.05, 3.63) is 84.3 Å². The third-order valence-corrected chi connectivity index (χ3v) is 7.49. The molecule has 1 fully saturated rings. The lowest BCUT2D eigenvalue weighted by molar-refractivity contribution is -0.149. The second kappa shape index (κ2) is 12.7. The number of aromatic nitrogens is 2. The predicted octanol–water partition coefficient (Wildman–Crippen LogP) is 5.30. The fraction of sp³-hybridized carbons (Fsp3) is 0.355. The van der Waals surface area contributed by atoms with Gasteiger partial charge in [-0.15, -0.1) is 0 Å². The molecule has 1 N–H and O–H groups in total. The van der Waals surface area contributed by atoms with Gasteiger partial charge in [-0.1, -0.05) is 79.4 Å². The zero-order valence-corrected chi connectivity index (χ0v) is 23.5. The maximum Gasteiger partial charge on any atom is 0.408 e. The molecule has 4 aromatic rings. The van der Waals surface area contributed by atoms with Crippen LogP contribution in [0, 0.1) is 0 Å². The molecule has 1 aliphatic heterocycles. The Hall–Kier alpha value is -4.02. The minimum Gasteiger partial charge on any atom is -0.444 e. The van der Waals surface area contributed by atoms with E-state index in [1.54, 1.807) is 56.4 Å². The number of hydrogen-bond acceptors (Lipinski definition) is 7. The van der Waals surface area contributed by atoms with Gasteiger partial charge in [-0.05, 0) is 31.9 Å². The van der Waals surface area contributed by atoms with E-state index < -0.39 is 29.7 Å². The number of alkyl carbamates (subject to hydrolysis) is 1. The van der Waals surface area contributed by atoms with Gasteiger partial charge >= 0.3 is 6.09 Å². The van der Waals surface area contributed by atoms with E-state index in [0.29, 0.717) is 17.9 Å². The van der Waals surface area contributed by atoms with Crippen LogP contribution >= 0.6 is 11.3 Å². The summed E-state index contributed by atoms with van der Waals surface area (Å²) in [5.74, 6) is -0.566. The number of carbonyl (C=O) groups is 3. The summed E-state index contributed by atoms with van der Waals surface area (Å²) in [6.07, 6.45) is 3.20. The maximum atomic E-state index is 13.9. The number of ether oxygens (including phenoxy) is 2. The Bertz CT molecular complexity index is 1460. The van der Waals surface area contributed by atoms with Crippen molar-refractivity contribution in [1.29, 1.82) is 0 Å². The van der Waals surface area contributed by atoms with E-state index in [-0.39, 0.29) is 32.8 Å². The average molecular weight is 577 g/mol. The molecule has 216 valence electrons. The van der Waals surface area contributed by atoms with Crippen molar-refractivity contribution >= 4 is 34.1 Å². The smallest absolute Gasteiger partial charge is 0.408 e. The van der Waals surface area contributed by atoms with Crippen LogP contribution in [0.2, 0.25) is 0 Å². The first-order chi connectivity index (χ1) is 19.2. The molecule has 10 heteroatoms. The van der Waals surface area contributed by atoms with Crippen molar-refractivity contribution in [3.8, 4) is 10.4 Å². The lowest BCUT2D eigenvalue weighted by Gasteiger charge is -2.37. The molecule has 0 radical (unpaired) electrons. The first-order valence-electron chi connectivity index (χ1n) is 13.2. The topological polar surface area (TPSA) is 102 Å². The summed E-state index contributed by atoms with van der Waals surface area (Å²) in [6.45, 7) is 5.87. The van der Waals surface area contributed by atoms with Crippen molar-refractivity contribution in [2.24, 2.45) is 0 Å². The van der Waals surface area contributed by atoms with Crippen molar-refractivity contribution in [3.63, 3.8) is 0 Å². The molecule has 0 spiro atoms. The number of morpholine rings is 1. The number of thiazole rings is 1. The van der Waals surface area contributed by atoms with E-state index in [1.165, 1.54) is 4.90 Å². The molecule has 0 saturated carbocycles. The zero-order valence-electron chi connectivity index (χ0n) is 22.7. The molecule has 2 aromatic heterocycles. The lowest BCUT2D eigenvalue weighted by atomic mass is 10.0. The van der Waals surface area contributed by atoms with Crippen LogP contribution in [0.5, 0.6) is 0 Å². The second-order valence-corrected chi connectivity index (χ2v) is 11.6. The summed E-state index contributed by atoms with van der Waals surface area (Å²) >= 11 is 1.55. The fourth-order valence-corrected chi connectivity index (χ4v) is 5.61. The molecule has 1 aliphatic rings. The highest BCUT2D eigenvalue weighted by Crippen LogP contribution is 2.29. The number of imidazole rings is 1. The van der Waals surface area contributed by atoms with Gasteiger partial charge < -0.3 is 19.7 Å². The van der Waals surface area contributed by atoms with Crippen LogP contribution < -0.4 is 5.32 Å². The Labute approximate surface area is 244 Å². The highest BCUT2D eigenvalue weighted by molar-refractivity contribution is 7.20. The molecular formula is C31H36N4O5S. The molecule has 2 amide bonds. The monoisotopic (exact) mass is 576 g/mol. The minimum atomic E-state index is -1.01. The number of carbonyl (C=O) groups excluding carboxylic acids is 3. The summed E-state index contributed by atoms with van der Waals surface area (Å²) in [7, 11) is 0. The quantitative estimate of drug-likeness (QED) is 0.320. The van der Waals surface area contributed by atoms with Gasteiger partial charge in [0.15, 0.2) is 10.7 Å². The van der Waals surface area contributed by atoms with Crippen LogP contribution in [0.1, 0.15) is 45.5 Å². The Balaban J connectivity index is 0.00000387. The predicted molar refractivity (Wildman–Crippen MR) is 159 cm³/mol. The first-order valence-corrected chi connectivity index (χ1v) is 14.0. The molecule has 3 heterocycles. The number of ketones is 1. The molecule has 9 nitrogen and oxygen atoms in total. The molecular weight excluding hydrogens is 540 g/mol. The van der Waals surface area contributed by atoms with Gasteiger partial charge in [0.05, 0.1) is 30.2 Å². The van der Waals surface area contributed by atoms with Gasteiger partial charge in [0, 0.05) is 18.9 Å². The normalized spacial score (nSPS) is 16.1. The van der Waals surface area contributed by atoms with E-state index >= 15 is 0 Å². The summed E-state index contributed by atoms with van der Waals surface area (Å²) < 4.78 is 13.0. The molecule has 0 aliphatic carbocycles. The van der Waals surface area contributed by atoms with Crippen molar-refractivity contribution in [2.45, 2.75) is 52.3 Å². The first kappa shape index (κ1) is 30.0. The van der Waals surface area contributed by atoms with Crippen molar-refractivity contribution < 1.29 is 23.9 Å². The number of hydrogen-bond donors (Lipinski definition) is 1. The Morgan fingerprint density at radius 3 is 2.41 bits per heavy atom. The SMILES string of the molecule is C.CC(C)(C)OC(=O)N[C@@H](C(=O)N1CCOCC1C(=O)Cc1cn2cc(-c3ccccc3)sc2n1)c1ccccc1. The molecule has 41 heavy (non-hydrogen) atoms. The standard InChI is InChI=1S/C30H32N4O5S.CH4/c1-30(2,3)39-29(37)32-26(21-12-8-5-9-13-21)27(36)34-14-15-38-19-23(34)24(35)16-22-17-33-18-25(40-28(33)31-22)20-10-6-4-7-11-20;/h4-13,17-18,23,26H,14-16,19H2,1-3H3,(H,32,37);1H4/t23?,26-;/m1./s1. The maximum absolute atomic E-state index is 13.9. The van der Waals surface area contributed by atoms with Crippen LogP contribution in [-0.4, -0.2) is 63.5 Å². The summed E-state index contributed by atoms with van der Waals surface area (Å²) in [5.41, 5.74) is 1.60. The van der Waals surface area contributed by atoms with E-state index in [0.717, 1.165) is 15.4 Å². The molecule has 2 aromatic carbocycles. The highest BCUT2D eigenvalue weighted by atomic mass is 32.1. The van der Waals surface area contributed by atoms with Gasteiger partial charge in [0.25, 0.3) is 5.91 Å². The lowest BCUT2D eigenvalue weighted by Crippen LogP contribution is -2.56. The van der Waals surface area contributed by atoms with E-state index in [4.69, 9.17) is 9.47 Å². The number of fused-ring (bicyclic) bond motifs is 1. The van der Waals surface area contributed by atoms with Crippen LogP contribution in [0.15, 0.2) is 73.1 Å². The van der Waals surface area contributed by atoms with Crippen LogP contribution in [-0.2, 0) is 25.5 Å². The van der Waals surface area contributed by atoms with Crippen LogP contribution in [0.3, 0.4) is 0 Å².